The number of benzene rings is 1. The fourth-order valence-corrected chi connectivity index (χ4v) is 1.44. The molecule has 0 saturated heterocycles. The highest BCUT2D eigenvalue weighted by Gasteiger charge is 2.04. The Kier molecular flexibility index (Phi) is 2.60. The highest BCUT2D eigenvalue weighted by atomic mass is 16.3. The second-order valence-electron chi connectivity index (χ2n) is 3.15. The summed E-state index contributed by atoms with van der Waals surface area (Å²) in [5.74, 6) is 0. The molecule has 0 saturated carbocycles. The minimum atomic E-state index is -0.00827. The van der Waals surface area contributed by atoms with Gasteiger partial charge < -0.3 is 10.1 Å². The summed E-state index contributed by atoms with van der Waals surface area (Å²) in [6.45, 7) is -0.00827. The van der Waals surface area contributed by atoms with E-state index in [2.05, 4.69) is 22.1 Å². The third-order valence-corrected chi connectivity index (χ3v) is 2.18. The summed E-state index contributed by atoms with van der Waals surface area (Å²) >= 11 is 0. The van der Waals surface area contributed by atoms with E-state index >= 15 is 0 Å². The van der Waals surface area contributed by atoms with E-state index in [9.17, 15) is 0 Å². The number of rotatable bonds is 3. The second kappa shape index (κ2) is 4.07. The van der Waals surface area contributed by atoms with Crippen LogP contribution in [0.1, 0.15) is 17.0 Å². The zero-order chi connectivity index (χ0) is 9.80. The van der Waals surface area contributed by atoms with Gasteiger partial charge in [-0.3, -0.25) is 0 Å². The van der Waals surface area contributed by atoms with Crippen molar-refractivity contribution in [1.82, 2.24) is 9.97 Å². The van der Waals surface area contributed by atoms with E-state index in [0.29, 0.717) is 0 Å². The van der Waals surface area contributed by atoms with Crippen molar-refractivity contribution in [1.29, 1.82) is 0 Å². The van der Waals surface area contributed by atoms with Gasteiger partial charge in [-0.05, 0) is 5.56 Å². The van der Waals surface area contributed by atoms with Crippen LogP contribution in [0.4, 0.5) is 0 Å². The topological polar surface area (TPSA) is 48.9 Å². The van der Waals surface area contributed by atoms with Crippen LogP contribution in [-0.2, 0) is 13.0 Å². The number of hydrogen-bond acceptors (Lipinski definition) is 2. The van der Waals surface area contributed by atoms with Crippen molar-refractivity contribution in [3.8, 4) is 0 Å². The molecular weight excluding hydrogens is 176 g/mol. The molecule has 14 heavy (non-hydrogen) atoms. The molecule has 3 heteroatoms. The van der Waals surface area contributed by atoms with Crippen LogP contribution in [0.5, 0.6) is 0 Å². The lowest BCUT2D eigenvalue weighted by Gasteiger charge is -2.00. The molecule has 3 nitrogen and oxygen atoms in total. The average Bonchev–Trinajstić information content (AvgIpc) is 2.67. The zero-order valence-corrected chi connectivity index (χ0v) is 7.77. The van der Waals surface area contributed by atoms with Crippen molar-refractivity contribution in [2.45, 2.75) is 13.0 Å². The third kappa shape index (κ3) is 1.83. The summed E-state index contributed by atoms with van der Waals surface area (Å²) in [5, 5.41) is 9.00. The lowest BCUT2D eigenvalue weighted by molar-refractivity contribution is 0.276. The van der Waals surface area contributed by atoms with Gasteiger partial charge in [0.25, 0.3) is 0 Å². The molecule has 2 aromatic rings. The number of aliphatic hydroxyl groups excluding tert-OH is 1. The predicted molar refractivity (Wildman–Crippen MR) is 53.8 cm³/mol. The van der Waals surface area contributed by atoms with Crippen molar-refractivity contribution in [3.63, 3.8) is 0 Å². The fraction of sp³-hybridized carbons (Fsp3) is 0.182. The third-order valence-electron chi connectivity index (χ3n) is 2.18. The summed E-state index contributed by atoms with van der Waals surface area (Å²) in [7, 11) is 0. The van der Waals surface area contributed by atoms with Crippen LogP contribution in [0.3, 0.4) is 0 Å². The van der Waals surface area contributed by atoms with Crippen LogP contribution in [0.2, 0.25) is 0 Å². The molecule has 0 amide bonds. The maximum absolute atomic E-state index is 9.00. The van der Waals surface area contributed by atoms with Crippen molar-refractivity contribution in [2.75, 3.05) is 0 Å². The molecule has 72 valence electrons. The van der Waals surface area contributed by atoms with Crippen LogP contribution in [0.25, 0.3) is 0 Å². The van der Waals surface area contributed by atoms with E-state index in [-0.39, 0.29) is 6.61 Å². The van der Waals surface area contributed by atoms with Crippen LogP contribution in [0, 0.1) is 0 Å². The number of imidazole rings is 1. The highest BCUT2D eigenvalue weighted by Crippen LogP contribution is 2.10. The summed E-state index contributed by atoms with van der Waals surface area (Å²) in [5.41, 5.74) is 2.93. The smallest absolute Gasteiger partial charge is 0.0926 e. The van der Waals surface area contributed by atoms with Crippen molar-refractivity contribution in [2.24, 2.45) is 0 Å². The monoisotopic (exact) mass is 188 g/mol. The van der Waals surface area contributed by atoms with Crippen LogP contribution in [-0.4, -0.2) is 15.1 Å². The standard InChI is InChI=1S/C11H12N2O/c14-7-11-10(12-8-13-11)6-9-4-2-1-3-5-9/h1-5,8,14H,6-7H2,(H,12,13). The molecule has 0 aliphatic carbocycles. The molecule has 1 heterocycles. The van der Waals surface area contributed by atoms with Gasteiger partial charge >= 0.3 is 0 Å². The van der Waals surface area contributed by atoms with E-state index in [0.717, 1.165) is 17.8 Å². The molecule has 0 atom stereocenters. The van der Waals surface area contributed by atoms with Gasteiger partial charge in [-0.2, -0.15) is 0 Å². The van der Waals surface area contributed by atoms with Gasteiger partial charge in [-0.1, -0.05) is 30.3 Å². The van der Waals surface area contributed by atoms with Gasteiger partial charge in [0, 0.05) is 12.1 Å². The fourth-order valence-electron chi connectivity index (χ4n) is 1.44. The molecule has 0 radical (unpaired) electrons. The number of aromatic amines is 1. The average molecular weight is 188 g/mol. The highest BCUT2D eigenvalue weighted by molar-refractivity contribution is 5.23. The SMILES string of the molecule is OCc1nc[nH]c1Cc1ccccc1. The maximum atomic E-state index is 9.00. The molecule has 0 spiro atoms. The molecule has 2 N–H and O–H groups in total. The van der Waals surface area contributed by atoms with E-state index in [4.69, 9.17) is 5.11 Å². The first-order valence-corrected chi connectivity index (χ1v) is 4.56. The Morgan fingerprint density at radius 3 is 2.71 bits per heavy atom. The Bertz CT molecular complexity index is 395. The Morgan fingerprint density at radius 1 is 1.21 bits per heavy atom. The molecular formula is C11H12N2O. The maximum Gasteiger partial charge on any atom is 0.0926 e. The molecule has 1 aromatic heterocycles. The first kappa shape index (κ1) is 8.97. The quantitative estimate of drug-likeness (QED) is 0.766. The first-order valence-electron chi connectivity index (χ1n) is 4.56. The number of aromatic nitrogens is 2. The van der Waals surface area contributed by atoms with Crippen molar-refractivity contribution in [3.05, 3.63) is 53.6 Å². The summed E-state index contributed by atoms with van der Waals surface area (Å²) < 4.78 is 0. The summed E-state index contributed by atoms with van der Waals surface area (Å²) in [6.07, 6.45) is 2.40. The first-order chi connectivity index (χ1) is 6.90. The van der Waals surface area contributed by atoms with Crippen molar-refractivity contribution >= 4 is 0 Å². The van der Waals surface area contributed by atoms with Crippen molar-refractivity contribution < 1.29 is 5.11 Å². The van der Waals surface area contributed by atoms with Crippen LogP contribution in [0.15, 0.2) is 36.7 Å². The van der Waals surface area contributed by atoms with Gasteiger partial charge in [-0.15, -0.1) is 0 Å². The molecule has 1 aromatic carbocycles. The lowest BCUT2D eigenvalue weighted by Crippen LogP contribution is -1.94. The Morgan fingerprint density at radius 2 is 2.00 bits per heavy atom. The van der Waals surface area contributed by atoms with Gasteiger partial charge in [0.05, 0.1) is 18.6 Å². The van der Waals surface area contributed by atoms with Crippen LogP contribution < -0.4 is 0 Å². The van der Waals surface area contributed by atoms with E-state index in [1.807, 2.05) is 18.2 Å². The Hall–Kier alpha value is -1.61. The molecule has 0 fully saturated rings. The van der Waals surface area contributed by atoms with Gasteiger partial charge in [0.15, 0.2) is 0 Å². The molecule has 2 rings (SSSR count). The van der Waals surface area contributed by atoms with Gasteiger partial charge in [-0.25, -0.2) is 4.98 Å². The van der Waals surface area contributed by atoms with Crippen LogP contribution >= 0.6 is 0 Å². The number of nitrogens with zero attached hydrogens (tertiary/aromatic N) is 1. The molecule has 0 unspecified atom stereocenters. The molecule has 0 aliphatic heterocycles. The Balaban J connectivity index is 2.19. The summed E-state index contributed by atoms with van der Waals surface area (Å²) in [4.78, 5) is 7.06. The number of aliphatic hydroxyl groups is 1. The van der Waals surface area contributed by atoms with Gasteiger partial charge in [0.2, 0.25) is 0 Å². The summed E-state index contributed by atoms with van der Waals surface area (Å²) in [6, 6.07) is 10.1. The second-order valence-corrected chi connectivity index (χ2v) is 3.15. The van der Waals surface area contributed by atoms with E-state index < -0.39 is 0 Å². The minimum absolute atomic E-state index is 0.00827. The largest absolute Gasteiger partial charge is 0.390 e. The molecule has 0 bridgehead atoms. The number of H-pyrrole nitrogens is 1. The lowest BCUT2D eigenvalue weighted by atomic mass is 10.1. The predicted octanol–water partition coefficient (Wildman–Crippen LogP) is 1.49. The molecule has 0 aliphatic rings. The normalized spacial score (nSPS) is 10.4. The zero-order valence-electron chi connectivity index (χ0n) is 7.77. The number of hydrogen-bond donors (Lipinski definition) is 2. The van der Waals surface area contributed by atoms with Gasteiger partial charge in [0.1, 0.15) is 0 Å². The minimum Gasteiger partial charge on any atom is -0.390 e. The Labute approximate surface area is 82.4 Å². The number of nitrogens with one attached hydrogen (secondary N) is 1. The van der Waals surface area contributed by atoms with E-state index in [1.165, 1.54) is 5.56 Å². The van der Waals surface area contributed by atoms with E-state index in [1.54, 1.807) is 6.33 Å².